The van der Waals surface area contributed by atoms with Crippen LogP contribution in [-0.4, -0.2) is 17.2 Å². The predicted octanol–water partition coefficient (Wildman–Crippen LogP) is 2.11. The lowest BCUT2D eigenvalue weighted by Gasteiger charge is -2.29. The molecule has 1 aromatic heterocycles. The molecule has 3 heteroatoms. The number of nitrogens with zero attached hydrogens (tertiary/aromatic N) is 1. The molecule has 1 aliphatic carbocycles. The number of nitrogens with two attached hydrogens (primary N) is 1. The van der Waals surface area contributed by atoms with Crippen molar-refractivity contribution in [3.05, 3.63) is 59.8 Å². The third-order valence-electron chi connectivity index (χ3n) is 4.25. The van der Waals surface area contributed by atoms with Crippen molar-refractivity contribution in [3.63, 3.8) is 0 Å². The summed E-state index contributed by atoms with van der Waals surface area (Å²) in [5, 5.41) is 4.97. The summed E-state index contributed by atoms with van der Waals surface area (Å²) in [5.74, 6) is 0. The van der Waals surface area contributed by atoms with Gasteiger partial charge in [-0.1, -0.05) is 36.4 Å². The molecule has 2 unspecified atom stereocenters. The van der Waals surface area contributed by atoms with Crippen LogP contribution in [0.1, 0.15) is 11.6 Å². The zero-order valence-electron chi connectivity index (χ0n) is 10.7. The highest BCUT2D eigenvalue weighted by atomic mass is 15.1. The first kappa shape index (κ1) is 11.0. The maximum atomic E-state index is 5.89. The van der Waals surface area contributed by atoms with Crippen LogP contribution in [0.15, 0.2) is 54.3 Å². The van der Waals surface area contributed by atoms with E-state index in [2.05, 4.69) is 58.6 Å². The quantitative estimate of drug-likeness (QED) is 0.815. The fraction of sp³-hybridized carbons (Fsp3) is 0.250. The molecule has 0 spiro atoms. The highest BCUT2D eigenvalue weighted by Gasteiger charge is 2.29. The monoisotopic (exact) mass is 251 g/mol. The minimum Gasteiger partial charge on any atom is -0.338 e. The number of allylic oxidation sites excluding steroid dienone is 2. The Morgan fingerprint density at radius 1 is 1.32 bits per heavy atom. The molecular formula is C16H17N3. The highest BCUT2D eigenvalue weighted by Crippen LogP contribution is 2.32. The van der Waals surface area contributed by atoms with Crippen LogP contribution in [0.25, 0.3) is 10.9 Å². The van der Waals surface area contributed by atoms with E-state index in [1.54, 1.807) is 0 Å². The molecule has 1 aliphatic heterocycles. The molecule has 0 saturated heterocycles. The van der Waals surface area contributed by atoms with Gasteiger partial charge in [0, 0.05) is 19.3 Å². The molecule has 96 valence electrons. The van der Waals surface area contributed by atoms with Gasteiger partial charge in [-0.3, -0.25) is 0 Å². The average Bonchev–Trinajstić information content (AvgIpc) is 2.81. The van der Waals surface area contributed by atoms with Crippen LogP contribution >= 0.6 is 0 Å². The molecule has 2 aliphatic rings. The van der Waals surface area contributed by atoms with Crippen molar-refractivity contribution in [2.45, 2.75) is 18.6 Å². The molecule has 2 atom stereocenters. The molecule has 0 radical (unpaired) electrons. The van der Waals surface area contributed by atoms with E-state index >= 15 is 0 Å². The SMILES string of the molecule is NCC1=CC=CC2C1NCc1cccc3ccn2c13. The standard InChI is InChI=1S/C16H17N3/c17-9-12-4-2-6-14-15(12)18-10-13-5-1-3-11-7-8-19(14)16(11)13/h1-8,14-15,18H,9-10,17H2. The number of aromatic nitrogens is 1. The van der Waals surface area contributed by atoms with E-state index < -0.39 is 0 Å². The summed E-state index contributed by atoms with van der Waals surface area (Å²) in [6.45, 7) is 1.51. The van der Waals surface area contributed by atoms with Gasteiger partial charge in [0.25, 0.3) is 0 Å². The van der Waals surface area contributed by atoms with Crippen molar-refractivity contribution in [2.75, 3.05) is 6.54 Å². The van der Waals surface area contributed by atoms with Crippen molar-refractivity contribution >= 4 is 10.9 Å². The summed E-state index contributed by atoms with van der Waals surface area (Å²) in [4.78, 5) is 0. The van der Waals surface area contributed by atoms with E-state index in [1.165, 1.54) is 22.0 Å². The van der Waals surface area contributed by atoms with Gasteiger partial charge in [-0.2, -0.15) is 0 Å². The topological polar surface area (TPSA) is 43.0 Å². The van der Waals surface area contributed by atoms with Gasteiger partial charge in [-0.25, -0.2) is 0 Å². The first-order valence-electron chi connectivity index (χ1n) is 6.77. The minimum absolute atomic E-state index is 0.304. The van der Waals surface area contributed by atoms with E-state index in [-0.39, 0.29) is 0 Å². The van der Waals surface area contributed by atoms with Crippen molar-refractivity contribution < 1.29 is 0 Å². The van der Waals surface area contributed by atoms with Gasteiger partial charge >= 0.3 is 0 Å². The van der Waals surface area contributed by atoms with Crippen LogP contribution in [0.4, 0.5) is 0 Å². The normalized spacial score (nSPS) is 25.0. The molecule has 0 amide bonds. The summed E-state index contributed by atoms with van der Waals surface area (Å²) in [7, 11) is 0. The minimum atomic E-state index is 0.304. The summed E-state index contributed by atoms with van der Waals surface area (Å²) < 4.78 is 2.38. The summed E-state index contributed by atoms with van der Waals surface area (Å²) in [6.07, 6.45) is 8.73. The average molecular weight is 251 g/mol. The van der Waals surface area contributed by atoms with E-state index in [9.17, 15) is 0 Å². The Labute approximate surface area is 112 Å². The lowest BCUT2D eigenvalue weighted by molar-refractivity contribution is 0.454. The predicted molar refractivity (Wildman–Crippen MR) is 77.9 cm³/mol. The van der Waals surface area contributed by atoms with Crippen LogP contribution in [0, 0.1) is 0 Å². The largest absolute Gasteiger partial charge is 0.338 e. The molecule has 1 aromatic carbocycles. The van der Waals surface area contributed by atoms with E-state index in [0.717, 1.165) is 6.54 Å². The number of nitrogens with one attached hydrogen (secondary N) is 1. The molecule has 0 saturated carbocycles. The van der Waals surface area contributed by atoms with Crippen LogP contribution in [-0.2, 0) is 6.54 Å². The third-order valence-corrected chi connectivity index (χ3v) is 4.25. The van der Waals surface area contributed by atoms with Gasteiger partial charge in [-0.15, -0.1) is 0 Å². The molecule has 4 rings (SSSR count). The van der Waals surface area contributed by atoms with E-state index in [1.807, 2.05) is 0 Å². The second-order valence-corrected chi connectivity index (χ2v) is 5.26. The molecule has 2 heterocycles. The van der Waals surface area contributed by atoms with Crippen LogP contribution in [0.5, 0.6) is 0 Å². The fourth-order valence-electron chi connectivity index (χ4n) is 3.33. The number of hydrogen-bond acceptors (Lipinski definition) is 2. The first-order valence-corrected chi connectivity index (χ1v) is 6.77. The number of rotatable bonds is 1. The van der Waals surface area contributed by atoms with Gasteiger partial charge in [0.15, 0.2) is 0 Å². The van der Waals surface area contributed by atoms with Crippen molar-refractivity contribution in [2.24, 2.45) is 5.73 Å². The number of benzene rings is 1. The van der Waals surface area contributed by atoms with Gasteiger partial charge in [0.2, 0.25) is 0 Å². The summed E-state index contributed by atoms with van der Waals surface area (Å²) in [6, 6.07) is 9.35. The van der Waals surface area contributed by atoms with Gasteiger partial charge in [0.1, 0.15) is 0 Å². The Kier molecular flexibility index (Phi) is 2.37. The zero-order chi connectivity index (χ0) is 12.8. The van der Waals surface area contributed by atoms with Crippen molar-refractivity contribution in [1.82, 2.24) is 9.88 Å². The van der Waals surface area contributed by atoms with Gasteiger partial charge in [-0.05, 0) is 22.6 Å². The molecule has 3 N–H and O–H groups in total. The van der Waals surface area contributed by atoms with Crippen molar-refractivity contribution in [1.29, 1.82) is 0 Å². The van der Waals surface area contributed by atoms with Gasteiger partial charge in [0.05, 0.1) is 17.6 Å². The second-order valence-electron chi connectivity index (χ2n) is 5.26. The van der Waals surface area contributed by atoms with Gasteiger partial charge < -0.3 is 15.6 Å². The van der Waals surface area contributed by atoms with Crippen LogP contribution < -0.4 is 11.1 Å². The highest BCUT2D eigenvalue weighted by molar-refractivity contribution is 5.84. The van der Waals surface area contributed by atoms with Crippen molar-refractivity contribution in [3.8, 4) is 0 Å². The molecule has 0 bridgehead atoms. The Bertz CT molecular complexity index is 693. The van der Waals surface area contributed by atoms with Crippen LogP contribution in [0.3, 0.4) is 0 Å². The molecular weight excluding hydrogens is 234 g/mol. The Morgan fingerprint density at radius 3 is 3.16 bits per heavy atom. The molecule has 19 heavy (non-hydrogen) atoms. The lowest BCUT2D eigenvalue weighted by atomic mass is 9.94. The summed E-state index contributed by atoms with van der Waals surface area (Å²) in [5.41, 5.74) is 9.88. The number of hydrogen-bond donors (Lipinski definition) is 2. The molecule has 0 fully saturated rings. The second kappa shape index (κ2) is 4.08. The maximum absolute atomic E-state index is 5.89. The van der Waals surface area contributed by atoms with E-state index in [0.29, 0.717) is 18.6 Å². The third kappa shape index (κ3) is 1.52. The smallest absolute Gasteiger partial charge is 0.0712 e. The Hall–Kier alpha value is -1.84. The number of fused-ring (bicyclic) bond motifs is 2. The zero-order valence-corrected chi connectivity index (χ0v) is 10.7. The Morgan fingerprint density at radius 2 is 2.26 bits per heavy atom. The molecule has 3 nitrogen and oxygen atoms in total. The fourth-order valence-corrected chi connectivity index (χ4v) is 3.33. The lowest BCUT2D eigenvalue weighted by Crippen LogP contribution is -2.39. The molecule has 2 aromatic rings. The number of para-hydroxylation sites is 1. The maximum Gasteiger partial charge on any atom is 0.0712 e. The van der Waals surface area contributed by atoms with E-state index in [4.69, 9.17) is 5.73 Å². The van der Waals surface area contributed by atoms with Crippen LogP contribution in [0.2, 0.25) is 0 Å². The summed E-state index contributed by atoms with van der Waals surface area (Å²) >= 11 is 0. The Balaban J connectivity index is 1.93. The first-order chi connectivity index (χ1) is 9.38.